The molecule has 0 fully saturated rings. The number of carbonyl (C=O) groups excluding carboxylic acids is 1. The molecule has 2 nitrogen and oxygen atoms in total. The van der Waals surface area contributed by atoms with Crippen molar-refractivity contribution in [2.45, 2.75) is 19.3 Å². The molecule has 1 unspecified atom stereocenters. The largest absolute Gasteiger partial charge is 0.352 e. The van der Waals surface area contributed by atoms with Crippen molar-refractivity contribution >= 4 is 21.8 Å². The van der Waals surface area contributed by atoms with Gasteiger partial charge in [0.2, 0.25) is 0 Å². The number of halogens is 2. The zero-order chi connectivity index (χ0) is 15.2. The van der Waals surface area contributed by atoms with Crippen molar-refractivity contribution in [2.75, 3.05) is 6.54 Å². The molecule has 0 heterocycles. The van der Waals surface area contributed by atoms with Gasteiger partial charge in [0.05, 0.1) is 4.47 Å². The molecule has 0 aromatic heterocycles. The predicted molar refractivity (Wildman–Crippen MR) is 85.9 cm³/mol. The molecule has 0 saturated heterocycles. The summed E-state index contributed by atoms with van der Waals surface area (Å²) in [5.41, 5.74) is 1.71. The van der Waals surface area contributed by atoms with E-state index in [2.05, 4.69) is 40.3 Å². The van der Waals surface area contributed by atoms with E-state index in [1.165, 1.54) is 23.8 Å². The van der Waals surface area contributed by atoms with E-state index in [1.54, 1.807) is 0 Å². The second-order valence-electron chi connectivity index (χ2n) is 4.99. The van der Waals surface area contributed by atoms with Crippen LogP contribution in [0.15, 0.2) is 53.0 Å². The second kappa shape index (κ2) is 7.36. The van der Waals surface area contributed by atoms with Crippen molar-refractivity contribution in [3.63, 3.8) is 0 Å². The maximum Gasteiger partial charge on any atom is 0.251 e. The molecule has 0 bridgehead atoms. The molecular weight excluding hydrogens is 333 g/mol. The molecule has 2 aromatic carbocycles. The summed E-state index contributed by atoms with van der Waals surface area (Å²) in [6, 6.07) is 14.4. The molecule has 4 heteroatoms. The van der Waals surface area contributed by atoms with Crippen LogP contribution in [0.1, 0.15) is 35.2 Å². The summed E-state index contributed by atoms with van der Waals surface area (Å²) in [5, 5.41) is 2.86. The molecule has 1 N–H and O–H groups in total. The van der Waals surface area contributed by atoms with Gasteiger partial charge in [-0.2, -0.15) is 0 Å². The quantitative estimate of drug-likeness (QED) is 0.845. The SMILES string of the molecule is CC(CCNC(=O)c1ccc(F)c(Br)c1)c1ccccc1. The number of benzene rings is 2. The fraction of sp³-hybridized carbons (Fsp3) is 0.235. The number of amides is 1. The number of hydrogen-bond donors (Lipinski definition) is 1. The van der Waals surface area contributed by atoms with Crippen LogP contribution in [0.3, 0.4) is 0 Å². The van der Waals surface area contributed by atoms with Crippen LogP contribution in [0.4, 0.5) is 4.39 Å². The summed E-state index contributed by atoms with van der Waals surface area (Å²) in [4.78, 5) is 12.0. The lowest BCUT2D eigenvalue weighted by molar-refractivity contribution is 0.0952. The lowest BCUT2D eigenvalue weighted by atomic mass is 9.98. The minimum atomic E-state index is -0.371. The van der Waals surface area contributed by atoms with E-state index in [4.69, 9.17) is 0 Å². The van der Waals surface area contributed by atoms with Crippen LogP contribution in [0, 0.1) is 5.82 Å². The summed E-state index contributed by atoms with van der Waals surface area (Å²) < 4.78 is 13.4. The smallest absolute Gasteiger partial charge is 0.251 e. The highest BCUT2D eigenvalue weighted by Gasteiger charge is 2.09. The van der Waals surface area contributed by atoms with Gasteiger partial charge in [0.15, 0.2) is 0 Å². The Morgan fingerprint density at radius 2 is 1.95 bits per heavy atom. The van der Waals surface area contributed by atoms with Crippen LogP contribution >= 0.6 is 15.9 Å². The normalized spacial score (nSPS) is 12.0. The number of nitrogens with one attached hydrogen (secondary N) is 1. The minimum Gasteiger partial charge on any atom is -0.352 e. The zero-order valence-corrected chi connectivity index (χ0v) is 13.4. The third kappa shape index (κ3) is 4.39. The van der Waals surface area contributed by atoms with Gasteiger partial charge in [0.25, 0.3) is 5.91 Å². The van der Waals surface area contributed by atoms with Crippen LogP contribution in [0.5, 0.6) is 0 Å². The highest BCUT2D eigenvalue weighted by Crippen LogP contribution is 2.18. The van der Waals surface area contributed by atoms with Gasteiger partial charge < -0.3 is 5.32 Å². The van der Waals surface area contributed by atoms with Gasteiger partial charge in [-0.3, -0.25) is 4.79 Å². The summed E-state index contributed by atoms with van der Waals surface area (Å²) in [5.74, 6) is -0.174. The lowest BCUT2D eigenvalue weighted by Gasteiger charge is -2.12. The molecule has 110 valence electrons. The first-order chi connectivity index (χ1) is 10.1. The summed E-state index contributed by atoms with van der Waals surface area (Å²) >= 11 is 3.08. The maximum absolute atomic E-state index is 13.1. The maximum atomic E-state index is 13.1. The molecule has 1 amide bonds. The predicted octanol–water partition coefficient (Wildman–Crippen LogP) is 4.51. The van der Waals surface area contributed by atoms with Crippen LogP contribution in [0.25, 0.3) is 0 Å². The Balaban J connectivity index is 1.85. The number of rotatable bonds is 5. The second-order valence-corrected chi connectivity index (χ2v) is 5.84. The van der Waals surface area contributed by atoms with Gasteiger partial charge in [-0.15, -0.1) is 0 Å². The molecular formula is C17H17BrFNO. The van der Waals surface area contributed by atoms with Gasteiger partial charge in [0, 0.05) is 12.1 Å². The molecule has 0 saturated carbocycles. The van der Waals surface area contributed by atoms with Gasteiger partial charge in [-0.1, -0.05) is 37.3 Å². The van der Waals surface area contributed by atoms with Crippen molar-refractivity contribution in [2.24, 2.45) is 0 Å². The third-order valence-corrected chi connectivity index (χ3v) is 4.02. The topological polar surface area (TPSA) is 29.1 Å². The molecule has 1 atom stereocenters. The van der Waals surface area contributed by atoms with E-state index in [1.807, 2.05) is 18.2 Å². The Bertz CT molecular complexity index is 615. The molecule has 0 aliphatic heterocycles. The van der Waals surface area contributed by atoms with Crippen LogP contribution < -0.4 is 5.32 Å². The molecule has 0 spiro atoms. The van der Waals surface area contributed by atoms with Crippen molar-refractivity contribution in [3.8, 4) is 0 Å². The van der Waals surface area contributed by atoms with E-state index < -0.39 is 0 Å². The van der Waals surface area contributed by atoms with Crippen LogP contribution in [-0.2, 0) is 0 Å². The first-order valence-electron chi connectivity index (χ1n) is 6.86. The average molecular weight is 350 g/mol. The monoisotopic (exact) mass is 349 g/mol. The van der Waals surface area contributed by atoms with E-state index in [0.29, 0.717) is 22.5 Å². The Labute approximate surface area is 132 Å². The van der Waals surface area contributed by atoms with Gasteiger partial charge in [0.1, 0.15) is 5.82 Å². The van der Waals surface area contributed by atoms with Crippen LogP contribution in [-0.4, -0.2) is 12.5 Å². The molecule has 2 aromatic rings. The number of hydrogen-bond acceptors (Lipinski definition) is 1. The molecule has 0 radical (unpaired) electrons. The summed E-state index contributed by atoms with van der Waals surface area (Å²) in [7, 11) is 0. The average Bonchev–Trinajstić information content (AvgIpc) is 2.50. The van der Waals surface area contributed by atoms with Crippen molar-refractivity contribution < 1.29 is 9.18 Å². The Morgan fingerprint density at radius 3 is 2.62 bits per heavy atom. The highest BCUT2D eigenvalue weighted by molar-refractivity contribution is 9.10. The molecule has 21 heavy (non-hydrogen) atoms. The fourth-order valence-electron chi connectivity index (χ4n) is 2.09. The molecule has 2 rings (SSSR count). The highest BCUT2D eigenvalue weighted by atomic mass is 79.9. The van der Waals surface area contributed by atoms with E-state index in [9.17, 15) is 9.18 Å². The van der Waals surface area contributed by atoms with Crippen molar-refractivity contribution in [1.29, 1.82) is 0 Å². The zero-order valence-electron chi connectivity index (χ0n) is 11.8. The molecule has 0 aliphatic rings. The minimum absolute atomic E-state index is 0.184. The molecule has 0 aliphatic carbocycles. The Morgan fingerprint density at radius 1 is 1.24 bits per heavy atom. The first-order valence-corrected chi connectivity index (χ1v) is 7.65. The Hall–Kier alpha value is -1.68. The van der Waals surface area contributed by atoms with Gasteiger partial charge in [-0.25, -0.2) is 4.39 Å². The lowest BCUT2D eigenvalue weighted by Crippen LogP contribution is -2.25. The van der Waals surface area contributed by atoms with Crippen molar-refractivity contribution in [1.82, 2.24) is 5.32 Å². The third-order valence-electron chi connectivity index (χ3n) is 3.41. The van der Waals surface area contributed by atoms with Gasteiger partial charge in [-0.05, 0) is 52.0 Å². The first kappa shape index (κ1) is 15.7. The summed E-state index contributed by atoms with van der Waals surface area (Å²) in [6.07, 6.45) is 0.859. The van der Waals surface area contributed by atoms with E-state index in [-0.39, 0.29) is 11.7 Å². The van der Waals surface area contributed by atoms with Crippen LogP contribution in [0.2, 0.25) is 0 Å². The standard InChI is InChI=1S/C17H17BrFNO/c1-12(13-5-3-2-4-6-13)9-10-20-17(21)14-7-8-16(19)15(18)11-14/h2-8,11-12H,9-10H2,1H3,(H,20,21). The Kier molecular flexibility index (Phi) is 5.51. The van der Waals surface area contributed by atoms with Gasteiger partial charge >= 0.3 is 0 Å². The summed E-state index contributed by atoms with van der Waals surface area (Å²) in [6.45, 7) is 2.72. The fourth-order valence-corrected chi connectivity index (χ4v) is 2.47. The number of carbonyl (C=O) groups is 1. The van der Waals surface area contributed by atoms with E-state index in [0.717, 1.165) is 6.42 Å². The van der Waals surface area contributed by atoms with Crippen molar-refractivity contribution in [3.05, 3.63) is 69.9 Å². The van der Waals surface area contributed by atoms with E-state index >= 15 is 0 Å².